The van der Waals surface area contributed by atoms with E-state index in [1.807, 2.05) is 10.8 Å². The van der Waals surface area contributed by atoms with Crippen molar-refractivity contribution >= 4 is 11.7 Å². The number of alkyl halides is 3. The van der Waals surface area contributed by atoms with E-state index in [0.29, 0.717) is 36.6 Å². The number of fused-ring (bicyclic) bond motifs is 1. The van der Waals surface area contributed by atoms with Gasteiger partial charge in [-0.3, -0.25) is 4.79 Å². The SMILES string of the molecule is COc1ccc([C@H]2C[C@@H](C(F)(F)F)n3nc(C(=O)NCCCn4ccnc4)cc3N2)cc1OC. The van der Waals surface area contributed by atoms with E-state index in [1.165, 1.54) is 20.3 Å². The molecule has 9 nitrogen and oxygen atoms in total. The number of nitrogens with zero attached hydrogens (tertiary/aromatic N) is 4. The van der Waals surface area contributed by atoms with E-state index in [-0.39, 0.29) is 17.9 Å². The Bertz CT molecular complexity index is 1130. The molecule has 0 fully saturated rings. The van der Waals surface area contributed by atoms with Crippen molar-refractivity contribution in [1.29, 1.82) is 0 Å². The molecule has 182 valence electrons. The summed E-state index contributed by atoms with van der Waals surface area (Å²) in [6, 6.07) is 3.77. The van der Waals surface area contributed by atoms with Crippen LogP contribution in [0.1, 0.15) is 41.0 Å². The van der Waals surface area contributed by atoms with Gasteiger partial charge in [0.15, 0.2) is 23.2 Å². The number of anilines is 1. The molecule has 4 rings (SSSR count). The van der Waals surface area contributed by atoms with Crippen LogP contribution in [0.25, 0.3) is 0 Å². The van der Waals surface area contributed by atoms with Crippen LogP contribution >= 0.6 is 0 Å². The smallest absolute Gasteiger partial charge is 0.410 e. The fourth-order valence-electron chi connectivity index (χ4n) is 3.95. The van der Waals surface area contributed by atoms with Gasteiger partial charge in [-0.25, -0.2) is 9.67 Å². The largest absolute Gasteiger partial charge is 0.493 e. The highest BCUT2D eigenvalue weighted by Gasteiger charge is 2.47. The second-order valence-corrected chi connectivity index (χ2v) is 7.87. The number of carbonyl (C=O) groups excluding carboxylic acids is 1. The van der Waals surface area contributed by atoms with Crippen molar-refractivity contribution in [2.24, 2.45) is 0 Å². The van der Waals surface area contributed by atoms with Crippen LogP contribution < -0.4 is 20.1 Å². The highest BCUT2D eigenvalue weighted by Crippen LogP contribution is 2.44. The number of hydrogen-bond acceptors (Lipinski definition) is 6. The summed E-state index contributed by atoms with van der Waals surface area (Å²) < 4.78 is 55.0. The minimum Gasteiger partial charge on any atom is -0.493 e. The van der Waals surface area contributed by atoms with Gasteiger partial charge in [-0.15, -0.1) is 0 Å². The van der Waals surface area contributed by atoms with Crippen molar-refractivity contribution in [2.45, 2.75) is 37.6 Å². The summed E-state index contributed by atoms with van der Waals surface area (Å²) in [5, 5.41) is 9.76. The molecule has 0 bridgehead atoms. The summed E-state index contributed by atoms with van der Waals surface area (Å²) in [6.07, 6.45) is 0.940. The maximum atomic E-state index is 13.9. The molecule has 12 heteroatoms. The molecule has 0 saturated carbocycles. The first-order chi connectivity index (χ1) is 16.3. The summed E-state index contributed by atoms with van der Waals surface area (Å²) in [4.78, 5) is 16.5. The molecule has 2 N–H and O–H groups in total. The van der Waals surface area contributed by atoms with E-state index in [1.54, 1.807) is 30.7 Å². The maximum absolute atomic E-state index is 13.9. The van der Waals surface area contributed by atoms with Crippen LogP contribution in [-0.2, 0) is 6.54 Å². The summed E-state index contributed by atoms with van der Waals surface area (Å²) in [6.45, 7) is 1.01. The van der Waals surface area contributed by atoms with Crippen LogP contribution in [0.2, 0.25) is 0 Å². The predicted octanol–water partition coefficient (Wildman–Crippen LogP) is 3.58. The molecule has 3 aromatic rings. The number of amides is 1. The van der Waals surface area contributed by atoms with Gasteiger partial charge in [-0.05, 0) is 24.1 Å². The van der Waals surface area contributed by atoms with Crippen molar-refractivity contribution in [1.82, 2.24) is 24.6 Å². The van der Waals surface area contributed by atoms with Gasteiger partial charge in [0, 0.05) is 38.0 Å². The van der Waals surface area contributed by atoms with Crippen molar-refractivity contribution in [3.8, 4) is 11.5 Å². The number of aromatic nitrogens is 4. The third kappa shape index (κ3) is 4.95. The first-order valence-electron chi connectivity index (χ1n) is 10.7. The second-order valence-electron chi connectivity index (χ2n) is 7.87. The van der Waals surface area contributed by atoms with E-state index >= 15 is 0 Å². The Kier molecular flexibility index (Phi) is 6.66. The summed E-state index contributed by atoms with van der Waals surface area (Å²) in [5.74, 6) is 0.488. The second kappa shape index (κ2) is 9.65. The van der Waals surface area contributed by atoms with Crippen LogP contribution in [0.5, 0.6) is 11.5 Å². The van der Waals surface area contributed by atoms with Crippen molar-refractivity contribution < 1.29 is 27.4 Å². The van der Waals surface area contributed by atoms with Gasteiger partial charge in [0.25, 0.3) is 5.91 Å². The molecule has 2 aromatic heterocycles. The molecular formula is C22H25F3N6O3. The van der Waals surface area contributed by atoms with Gasteiger partial charge >= 0.3 is 6.18 Å². The number of benzene rings is 1. The van der Waals surface area contributed by atoms with Crippen molar-refractivity contribution in [2.75, 3.05) is 26.1 Å². The number of halogens is 3. The topological polar surface area (TPSA) is 95.2 Å². The zero-order valence-electron chi connectivity index (χ0n) is 18.7. The Balaban J connectivity index is 1.51. The quantitative estimate of drug-likeness (QED) is 0.481. The average molecular weight is 478 g/mol. The Morgan fingerprint density at radius 1 is 1.24 bits per heavy atom. The lowest BCUT2D eigenvalue weighted by molar-refractivity contribution is -0.173. The standard InChI is InChI=1S/C22H25F3N6O3/c1-33-17-5-4-14(10-18(17)34-2)15-11-19(22(23,24)25)31-20(28-15)12-16(29-31)21(32)27-6-3-8-30-9-7-26-13-30/h4-5,7,9-10,12-13,15,19,28H,3,6,8,11H2,1-2H3,(H,27,32)/t15-,19+/m1/s1. The summed E-state index contributed by atoms with van der Waals surface area (Å²) in [5.41, 5.74) is 0.525. The highest BCUT2D eigenvalue weighted by atomic mass is 19.4. The maximum Gasteiger partial charge on any atom is 0.410 e. The fourth-order valence-corrected chi connectivity index (χ4v) is 3.95. The Morgan fingerprint density at radius 2 is 2.03 bits per heavy atom. The normalized spacial score (nSPS) is 17.6. The van der Waals surface area contributed by atoms with E-state index in [2.05, 4.69) is 20.7 Å². The lowest BCUT2D eigenvalue weighted by Crippen LogP contribution is -2.35. The van der Waals surface area contributed by atoms with Crippen LogP contribution in [0.4, 0.5) is 19.0 Å². The predicted molar refractivity (Wildman–Crippen MR) is 117 cm³/mol. The number of aryl methyl sites for hydroxylation is 1. The van der Waals surface area contributed by atoms with Gasteiger partial charge in [0.1, 0.15) is 5.82 Å². The number of imidazole rings is 1. The van der Waals surface area contributed by atoms with E-state index < -0.39 is 24.2 Å². The number of carbonyl (C=O) groups is 1. The molecule has 2 atom stereocenters. The van der Waals surface area contributed by atoms with Crippen LogP contribution in [0.3, 0.4) is 0 Å². The first-order valence-corrected chi connectivity index (χ1v) is 10.7. The third-order valence-electron chi connectivity index (χ3n) is 5.67. The number of ether oxygens (including phenoxy) is 2. The molecule has 1 aliphatic rings. The molecule has 3 heterocycles. The Labute approximate surface area is 193 Å². The Hall–Kier alpha value is -3.70. The summed E-state index contributed by atoms with van der Waals surface area (Å²) in [7, 11) is 2.95. The van der Waals surface area contributed by atoms with E-state index in [9.17, 15) is 18.0 Å². The molecule has 34 heavy (non-hydrogen) atoms. The molecule has 0 unspecified atom stereocenters. The molecule has 0 aliphatic carbocycles. The summed E-state index contributed by atoms with van der Waals surface area (Å²) >= 11 is 0. The molecule has 1 aromatic carbocycles. The minimum atomic E-state index is -4.55. The first kappa shape index (κ1) is 23.5. The molecule has 0 spiro atoms. The van der Waals surface area contributed by atoms with Gasteiger partial charge in [-0.1, -0.05) is 6.07 Å². The average Bonchev–Trinajstić information content (AvgIpc) is 3.49. The monoisotopic (exact) mass is 478 g/mol. The van der Waals surface area contributed by atoms with E-state index in [0.717, 1.165) is 4.68 Å². The van der Waals surface area contributed by atoms with E-state index in [4.69, 9.17) is 9.47 Å². The van der Waals surface area contributed by atoms with Crippen LogP contribution in [-0.4, -0.2) is 52.2 Å². The van der Waals surface area contributed by atoms with Crippen molar-refractivity contribution in [3.05, 3.63) is 54.2 Å². The molecule has 0 radical (unpaired) electrons. The molecule has 1 amide bonds. The number of methoxy groups -OCH3 is 2. The number of rotatable bonds is 8. The lowest BCUT2D eigenvalue weighted by atomic mass is 9.96. The molecular weight excluding hydrogens is 453 g/mol. The van der Waals surface area contributed by atoms with Gasteiger partial charge in [0.2, 0.25) is 0 Å². The van der Waals surface area contributed by atoms with Crippen LogP contribution in [0.15, 0.2) is 43.0 Å². The Morgan fingerprint density at radius 3 is 2.71 bits per heavy atom. The van der Waals surface area contributed by atoms with Gasteiger partial charge < -0.3 is 24.7 Å². The highest BCUT2D eigenvalue weighted by molar-refractivity contribution is 5.93. The number of nitrogens with one attached hydrogen (secondary N) is 2. The zero-order chi connectivity index (χ0) is 24.3. The third-order valence-corrected chi connectivity index (χ3v) is 5.67. The molecule has 0 saturated heterocycles. The minimum absolute atomic E-state index is 0.0765. The van der Waals surface area contributed by atoms with Gasteiger partial charge in [-0.2, -0.15) is 18.3 Å². The zero-order valence-corrected chi connectivity index (χ0v) is 18.7. The van der Waals surface area contributed by atoms with Crippen molar-refractivity contribution in [3.63, 3.8) is 0 Å². The molecule has 1 aliphatic heterocycles. The fraction of sp³-hybridized carbons (Fsp3) is 0.409. The lowest BCUT2D eigenvalue weighted by Gasteiger charge is -2.33. The van der Waals surface area contributed by atoms with Crippen LogP contribution in [0, 0.1) is 0 Å². The van der Waals surface area contributed by atoms with Gasteiger partial charge in [0.05, 0.1) is 26.6 Å². The number of hydrogen-bond donors (Lipinski definition) is 2.